The Morgan fingerprint density at radius 3 is 0.842 bits per heavy atom. The van der Waals surface area contributed by atoms with Crippen LogP contribution in [-0.2, 0) is 0 Å². The van der Waals surface area contributed by atoms with Gasteiger partial charge in [-0.1, -0.05) is 146 Å². The zero-order valence-electron chi connectivity index (χ0n) is 20.7. The molecule has 8 rings (SSSR count). The first-order valence-electron chi connectivity index (χ1n) is 13.4. The molecule has 0 fully saturated rings. The molecule has 0 heterocycles. The van der Waals surface area contributed by atoms with E-state index in [4.69, 9.17) is 0 Å². The molecule has 0 spiro atoms. The van der Waals surface area contributed by atoms with E-state index in [-0.39, 0.29) is 18.9 Å². The SMILES string of the molecule is C1=CC([Si](C2C=Cc3ccccc32)(C2C=Cc3ccccc32)C2C=Cc3ccccc32)c2ccccc21.[LiH]. The summed E-state index contributed by atoms with van der Waals surface area (Å²) in [5, 5.41) is 0. The van der Waals surface area contributed by atoms with Crippen molar-refractivity contribution in [1.29, 1.82) is 0 Å². The van der Waals surface area contributed by atoms with Crippen LogP contribution in [0.2, 0.25) is 0 Å². The molecule has 4 aliphatic rings. The summed E-state index contributed by atoms with van der Waals surface area (Å²) in [5.41, 5.74) is 13.3. The van der Waals surface area contributed by atoms with Crippen molar-refractivity contribution in [2.24, 2.45) is 0 Å². The van der Waals surface area contributed by atoms with Crippen LogP contribution in [0.25, 0.3) is 24.3 Å². The van der Waals surface area contributed by atoms with Crippen LogP contribution in [0.5, 0.6) is 0 Å². The normalized spacial score (nSPS) is 24.4. The van der Waals surface area contributed by atoms with Crippen LogP contribution >= 0.6 is 0 Å². The fourth-order valence-corrected chi connectivity index (χ4v) is 15.1. The molecule has 0 aliphatic heterocycles. The Morgan fingerprint density at radius 2 is 0.579 bits per heavy atom. The fourth-order valence-electron chi connectivity index (χ4n) is 7.90. The van der Waals surface area contributed by atoms with Gasteiger partial charge in [0.05, 0.1) is 8.07 Å². The molecule has 38 heavy (non-hydrogen) atoms. The van der Waals surface area contributed by atoms with Gasteiger partial charge in [0, 0.05) is 22.2 Å². The monoisotopic (exact) mass is 496 g/mol. The molecular formula is C36H29LiSi. The second-order valence-corrected chi connectivity index (χ2v) is 15.4. The van der Waals surface area contributed by atoms with Crippen LogP contribution in [0.15, 0.2) is 121 Å². The Labute approximate surface area is 238 Å². The molecule has 0 aromatic heterocycles. The number of hydrogen-bond acceptors (Lipinski definition) is 0. The minimum absolute atomic E-state index is 0. The predicted molar refractivity (Wildman–Crippen MR) is 166 cm³/mol. The summed E-state index contributed by atoms with van der Waals surface area (Å²) in [6.07, 6.45) is 19.9. The second-order valence-electron chi connectivity index (χ2n) is 10.9. The van der Waals surface area contributed by atoms with Crippen LogP contribution in [0.1, 0.15) is 66.7 Å². The topological polar surface area (TPSA) is 0 Å². The van der Waals surface area contributed by atoms with Crippen molar-refractivity contribution >= 4 is 51.2 Å². The maximum absolute atomic E-state index is 2.58. The number of rotatable bonds is 4. The van der Waals surface area contributed by atoms with Crippen molar-refractivity contribution in [3.8, 4) is 0 Å². The van der Waals surface area contributed by atoms with E-state index in [2.05, 4.69) is 146 Å². The van der Waals surface area contributed by atoms with Crippen molar-refractivity contribution in [2.45, 2.75) is 22.2 Å². The van der Waals surface area contributed by atoms with Gasteiger partial charge in [-0.15, -0.1) is 0 Å². The average Bonchev–Trinajstić information content (AvgIpc) is 3.75. The minimum atomic E-state index is -2.42. The first kappa shape index (κ1) is 23.7. The Kier molecular flexibility index (Phi) is 5.71. The number of hydrogen-bond donors (Lipinski definition) is 0. The van der Waals surface area contributed by atoms with E-state index in [0.717, 1.165) is 0 Å². The quantitative estimate of drug-likeness (QED) is 0.250. The van der Waals surface area contributed by atoms with Crippen LogP contribution in [0.3, 0.4) is 0 Å². The first-order valence-corrected chi connectivity index (χ1v) is 15.7. The summed E-state index contributed by atoms with van der Waals surface area (Å²) in [7, 11) is -2.42. The van der Waals surface area contributed by atoms with Crippen molar-refractivity contribution in [3.63, 3.8) is 0 Å². The van der Waals surface area contributed by atoms with Gasteiger partial charge in [-0.2, -0.15) is 0 Å². The van der Waals surface area contributed by atoms with E-state index in [9.17, 15) is 0 Å². The van der Waals surface area contributed by atoms with E-state index in [1.54, 1.807) is 0 Å². The van der Waals surface area contributed by atoms with Gasteiger partial charge < -0.3 is 0 Å². The molecule has 0 bridgehead atoms. The molecule has 0 saturated carbocycles. The van der Waals surface area contributed by atoms with E-state index in [1.807, 2.05) is 0 Å². The Hall–Kier alpha value is -3.35. The third-order valence-corrected chi connectivity index (χ3v) is 15.7. The fraction of sp³-hybridized carbons (Fsp3) is 0.111. The summed E-state index contributed by atoms with van der Waals surface area (Å²) in [6.45, 7) is 0. The molecule has 0 radical (unpaired) electrons. The molecule has 4 aromatic rings. The first-order chi connectivity index (χ1) is 18.4. The zero-order valence-corrected chi connectivity index (χ0v) is 21.7. The Bertz CT molecular complexity index is 1420. The summed E-state index contributed by atoms with van der Waals surface area (Å²) >= 11 is 0. The van der Waals surface area contributed by atoms with E-state index < -0.39 is 8.07 Å². The average molecular weight is 497 g/mol. The van der Waals surface area contributed by atoms with Gasteiger partial charge in [-0.05, 0) is 44.5 Å². The number of fused-ring (bicyclic) bond motifs is 4. The Morgan fingerprint density at radius 1 is 0.342 bits per heavy atom. The standard InChI is InChI=1S/C36H28Si.Li.H/c1-5-13-29-25(9-1)17-21-33(29)37(34-22-18-26-10-2-6-14-30(26)34,35-23-19-27-11-3-7-15-31(27)35)36-24-20-28-12-4-8-16-32(28)36;;/h1-24,33-36H;;. The van der Waals surface area contributed by atoms with E-state index in [0.29, 0.717) is 22.2 Å². The van der Waals surface area contributed by atoms with Crippen molar-refractivity contribution < 1.29 is 0 Å². The molecule has 0 amide bonds. The third kappa shape index (κ3) is 3.23. The molecular weight excluding hydrogens is 467 g/mol. The van der Waals surface area contributed by atoms with Gasteiger partial charge in [-0.3, -0.25) is 0 Å². The van der Waals surface area contributed by atoms with Crippen molar-refractivity contribution in [3.05, 3.63) is 166 Å². The molecule has 4 aliphatic carbocycles. The van der Waals surface area contributed by atoms with Gasteiger partial charge >= 0.3 is 18.9 Å². The molecule has 4 aromatic carbocycles. The van der Waals surface area contributed by atoms with E-state index in [1.165, 1.54) is 44.5 Å². The molecule has 0 nitrogen and oxygen atoms in total. The molecule has 0 saturated heterocycles. The van der Waals surface area contributed by atoms with Gasteiger partial charge in [0.2, 0.25) is 0 Å². The maximum atomic E-state index is 2.58. The Balaban J connectivity index is 0.00000242. The number of allylic oxidation sites excluding steroid dienone is 4. The predicted octanol–water partition coefficient (Wildman–Crippen LogP) is 8.19. The summed E-state index contributed by atoms with van der Waals surface area (Å²) in [6, 6.07) is 36.6. The van der Waals surface area contributed by atoms with Crippen LogP contribution in [-0.4, -0.2) is 26.9 Å². The molecule has 2 heteroatoms. The third-order valence-electron chi connectivity index (χ3n) is 9.35. The van der Waals surface area contributed by atoms with Gasteiger partial charge in [0.25, 0.3) is 0 Å². The van der Waals surface area contributed by atoms with Crippen molar-refractivity contribution in [1.82, 2.24) is 0 Å². The molecule has 4 unspecified atom stereocenters. The summed E-state index contributed by atoms with van der Waals surface area (Å²) in [4.78, 5) is 0. The van der Waals surface area contributed by atoms with Gasteiger partial charge in [0.1, 0.15) is 0 Å². The second kappa shape index (κ2) is 9.14. The summed E-state index contributed by atoms with van der Waals surface area (Å²) < 4.78 is 0. The zero-order chi connectivity index (χ0) is 24.4. The van der Waals surface area contributed by atoms with Gasteiger partial charge in [0.15, 0.2) is 0 Å². The van der Waals surface area contributed by atoms with Crippen LogP contribution < -0.4 is 0 Å². The van der Waals surface area contributed by atoms with Crippen molar-refractivity contribution in [2.75, 3.05) is 0 Å². The summed E-state index contributed by atoms with van der Waals surface area (Å²) in [5.74, 6) is 0. The molecule has 0 N–H and O–H groups in total. The molecule has 178 valence electrons. The number of benzene rings is 4. The van der Waals surface area contributed by atoms with Gasteiger partial charge in [-0.25, -0.2) is 0 Å². The van der Waals surface area contributed by atoms with Crippen LogP contribution in [0, 0.1) is 0 Å². The van der Waals surface area contributed by atoms with E-state index >= 15 is 0 Å². The van der Waals surface area contributed by atoms with Crippen LogP contribution in [0.4, 0.5) is 0 Å². The molecule has 4 atom stereocenters.